The summed E-state index contributed by atoms with van der Waals surface area (Å²) in [5.74, 6) is 0.115. The average molecular weight is 449 g/mol. The van der Waals surface area contributed by atoms with Gasteiger partial charge < -0.3 is 20.1 Å². The first-order chi connectivity index (χ1) is 13.5. The second-order valence-corrected chi connectivity index (χ2v) is 6.99. The summed E-state index contributed by atoms with van der Waals surface area (Å²) in [7, 11) is 1.62. The van der Waals surface area contributed by atoms with E-state index in [1.54, 1.807) is 31.4 Å². The Kier molecular flexibility index (Phi) is 8.97. The summed E-state index contributed by atoms with van der Waals surface area (Å²) in [6.45, 7) is 3.07. The van der Waals surface area contributed by atoms with Gasteiger partial charge in [0.1, 0.15) is 5.75 Å². The summed E-state index contributed by atoms with van der Waals surface area (Å²) in [6.07, 6.45) is 1.67. The Balaban J connectivity index is 1.87. The monoisotopic (exact) mass is 448 g/mol. The van der Waals surface area contributed by atoms with Crippen LogP contribution in [0, 0.1) is 0 Å². The molecule has 0 aliphatic carbocycles. The van der Waals surface area contributed by atoms with Crippen molar-refractivity contribution in [1.82, 2.24) is 5.32 Å². The average Bonchev–Trinajstić information content (AvgIpc) is 2.70. The lowest BCUT2D eigenvalue weighted by atomic mass is 10.2. The molecule has 0 radical (unpaired) electrons. The van der Waals surface area contributed by atoms with Gasteiger partial charge in [0.05, 0.1) is 4.47 Å². The van der Waals surface area contributed by atoms with Gasteiger partial charge in [-0.25, -0.2) is 0 Å². The summed E-state index contributed by atoms with van der Waals surface area (Å²) in [6, 6.07) is 12.6. The Morgan fingerprint density at radius 2 is 1.96 bits per heavy atom. The van der Waals surface area contributed by atoms with Crippen molar-refractivity contribution >= 4 is 33.4 Å². The zero-order valence-electron chi connectivity index (χ0n) is 16.1. The van der Waals surface area contributed by atoms with E-state index in [0.717, 1.165) is 17.3 Å². The lowest BCUT2D eigenvalue weighted by molar-refractivity contribution is -0.118. The van der Waals surface area contributed by atoms with Gasteiger partial charge in [0.2, 0.25) is 0 Å². The zero-order valence-corrected chi connectivity index (χ0v) is 17.7. The third kappa shape index (κ3) is 6.98. The molecule has 0 saturated carbocycles. The number of ether oxygens (including phenoxy) is 2. The van der Waals surface area contributed by atoms with Gasteiger partial charge in [0.15, 0.2) is 6.61 Å². The highest BCUT2D eigenvalue weighted by molar-refractivity contribution is 9.10. The number of carbonyl (C=O) groups excluding carboxylic acids is 2. The maximum Gasteiger partial charge on any atom is 0.262 e. The third-order valence-corrected chi connectivity index (χ3v) is 4.60. The second-order valence-electron chi connectivity index (χ2n) is 6.14. The first-order valence-corrected chi connectivity index (χ1v) is 9.91. The molecule has 0 saturated heterocycles. The molecule has 28 heavy (non-hydrogen) atoms. The number of carbonyl (C=O) groups is 2. The van der Waals surface area contributed by atoms with Crippen LogP contribution < -0.4 is 15.4 Å². The maximum atomic E-state index is 12.2. The molecule has 2 aromatic carbocycles. The number of rotatable bonds is 10. The lowest BCUT2D eigenvalue weighted by Crippen LogP contribution is -2.25. The van der Waals surface area contributed by atoms with Crippen molar-refractivity contribution in [3.05, 3.63) is 58.1 Å². The van der Waals surface area contributed by atoms with E-state index in [2.05, 4.69) is 33.5 Å². The number of hydrogen-bond donors (Lipinski definition) is 2. The molecule has 0 heterocycles. The Morgan fingerprint density at radius 1 is 1.14 bits per heavy atom. The summed E-state index contributed by atoms with van der Waals surface area (Å²) in [5.41, 5.74) is 2.20. The SMILES string of the molecule is CCc1ccc(OCC(=O)Nc2cccc(C(=O)NCCCOC)c2)c(Br)c1. The smallest absolute Gasteiger partial charge is 0.262 e. The van der Waals surface area contributed by atoms with Crippen LogP contribution >= 0.6 is 15.9 Å². The van der Waals surface area contributed by atoms with Gasteiger partial charge in [-0.2, -0.15) is 0 Å². The minimum atomic E-state index is -0.302. The van der Waals surface area contributed by atoms with E-state index in [1.807, 2.05) is 18.2 Å². The van der Waals surface area contributed by atoms with Gasteiger partial charge in [-0.15, -0.1) is 0 Å². The molecule has 0 unspecified atom stereocenters. The topological polar surface area (TPSA) is 76.7 Å². The molecule has 0 fully saturated rings. The zero-order chi connectivity index (χ0) is 20.4. The highest BCUT2D eigenvalue weighted by Gasteiger charge is 2.09. The lowest BCUT2D eigenvalue weighted by Gasteiger charge is -2.11. The van der Waals surface area contributed by atoms with Crippen LogP contribution in [0.3, 0.4) is 0 Å². The number of anilines is 1. The van der Waals surface area contributed by atoms with Crippen molar-refractivity contribution in [2.45, 2.75) is 19.8 Å². The van der Waals surface area contributed by atoms with Crippen LogP contribution in [0.2, 0.25) is 0 Å². The van der Waals surface area contributed by atoms with Crippen LogP contribution in [0.4, 0.5) is 5.69 Å². The van der Waals surface area contributed by atoms with Crippen molar-refractivity contribution in [3.63, 3.8) is 0 Å². The first kappa shape index (κ1) is 21.9. The molecule has 2 N–H and O–H groups in total. The van der Waals surface area contributed by atoms with Gasteiger partial charge >= 0.3 is 0 Å². The molecule has 6 nitrogen and oxygen atoms in total. The predicted octanol–water partition coefficient (Wildman–Crippen LogP) is 3.80. The number of methoxy groups -OCH3 is 1. The standard InChI is InChI=1S/C21H25BrN2O4/c1-3-15-8-9-19(18(22)12-15)28-14-20(25)24-17-7-4-6-16(13-17)21(26)23-10-5-11-27-2/h4,6-9,12-13H,3,5,10-11,14H2,1-2H3,(H,23,26)(H,24,25). The molecule has 0 atom stereocenters. The van der Waals surface area contributed by atoms with Crippen LogP contribution in [-0.2, 0) is 16.0 Å². The maximum absolute atomic E-state index is 12.2. The van der Waals surface area contributed by atoms with E-state index in [0.29, 0.717) is 30.2 Å². The van der Waals surface area contributed by atoms with Crippen molar-refractivity contribution < 1.29 is 19.1 Å². The number of hydrogen-bond acceptors (Lipinski definition) is 4. The molecule has 7 heteroatoms. The van der Waals surface area contributed by atoms with Gasteiger partial charge in [-0.1, -0.05) is 19.1 Å². The molecular formula is C21H25BrN2O4. The van der Waals surface area contributed by atoms with Crippen LogP contribution in [0.5, 0.6) is 5.75 Å². The molecule has 0 aromatic heterocycles. The summed E-state index contributed by atoms with van der Waals surface area (Å²) in [5, 5.41) is 5.56. The Bertz CT molecular complexity index is 811. The van der Waals surface area contributed by atoms with Gasteiger partial charge in [0.25, 0.3) is 11.8 Å². The molecule has 2 aromatic rings. The van der Waals surface area contributed by atoms with E-state index in [-0.39, 0.29) is 18.4 Å². The predicted molar refractivity (Wildman–Crippen MR) is 113 cm³/mol. The molecular weight excluding hydrogens is 424 g/mol. The van der Waals surface area contributed by atoms with Crippen LogP contribution in [0.15, 0.2) is 46.9 Å². The summed E-state index contributed by atoms with van der Waals surface area (Å²) >= 11 is 3.45. The fraction of sp³-hybridized carbons (Fsp3) is 0.333. The van der Waals surface area contributed by atoms with Gasteiger partial charge in [0, 0.05) is 31.5 Å². The second kappa shape index (κ2) is 11.5. The summed E-state index contributed by atoms with van der Waals surface area (Å²) < 4.78 is 11.3. The molecule has 0 aliphatic heterocycles. The minimum absolute atomic E-state index is 0.127. The third-order valence-electron chi connectivity index (χ3n) is 3.98. The Morgan fingerprint density at radius 3 is 2.68 bits per heavy atom. The van der Waals surface area contributed by atoms with Crippen LogP contribution in [0.25, 0.3) is 0 Å². The van der Waals surface area contributed by atoms with Crippen molar-refractivity contribution in [3.8, 4) is 5.75 Å². The van der Waals surface area contributed by atoms with Crippen molar-refractivity contribution in [2.24, 2.45) is 0 Å². The molecule has 2 amide bonds. The quantitative estimate of drug-likeness (QED) is 0.542. The molecule has 0 aliphatic rings. The van der Waals surface area contributed by atoms with Gasteiger partial charge in [-0.3, -0.25) is 9.59 Å². The Hall–Kier alpha value is -2.38. The fourth-order valence-corrected chi connectivity index (χ4v) is 3.02. The summed E-state index contributed by atoms with van der Waals surface area (Å²) in [4.78, 5) is 24.3. The van der Waals surface area contributed by atoms with Crippen molar-refractivity contribution in [2.75, 3.05) is 32.2 Å². The molecule has 0 spiro atoms. The normalized spacial score (nSPS) is 10.4. The van der Waals surface area contributed by atoms with Crippen LogP contribution in [-0.4, -0.2) is 38.7 Å². The van der Waals surface area contributed by atoms with E-state index in [9.17, 15) is 9.59 Å². The van der Waals surface area contributed by atoms with Crippen molar-refractivity contribution in [1.29, 1.82) is 0 Å². The van der Waals surface area contributed by atoms with E-state index in [1.165, 1.54) is 5.56 Å². The molecule has 2 rings (SSSR count). The number of benzene rings is 2. The number of halogens is 1. The number of amides is 2. The molecule has 150 valence electrons. The number of nitrogens with one attached hydrogen (secondary N) is 2. The van der Waals surface area contributed by atoms with Gasteiger partial charge in [-0.05, 0) is 64.7 Å². The van der Waals surface area contributed by atoms with Crippen LogP contribution in [0.1, 0.15) is 29.3 Å². The fourth-order valence-electron chi connectivity index (χ4n) is 2.48. The highest BCUT2D eigenvalue weighted by Crippen LogP contribution is 2.26. The van der Waals surface area contributed by atoms with E-state index < -0.39 is 0 Å². The Labute approximate surface area is 173 Å². The minimum Gasteiger partial charge on any atom is -0.483 e. The molecule has 0 bridgehead atoms. The number of aryl methyl sites for hydroxylation is 1. The highest BCUT2D eigenvalue weighted by atomic mass is 79.9. The largest absolute Gasteiger partial charge is 0.483 e. The van der Waals surface area contributed by atoms with E-state index >= 15 is 0 Å². The van der Waals surface area contributed by atoms with E-state index in [4.69, 9.17) is 9.47 Å². The first-order valence-electron chi connectivity index (χ1n) is 9.11.